The van der Waals surface area contributed by atoms with E-state index in [1.54, 1.807) is 6.08 Å². The van der Waals surface area contributed by atoms with Gasteiger partial charge in [0.15, 0.2) is 0 Å². The van der Waals surface area contributed by atoms with Crippen LogP contribution >= 0.6 is 0 Å². The highest BCUT2D eigenvalue weighted by Gasteiger charge is 2.12. The molecule has 2 rings (SSSR count). The van der Waals surface area contributed by atoms with E-state index in [1.165, 1.54) is 5.56 Å². The fourth-order valence-corrected chi connectivity index (χ4v) is 1.94. The second kappa shape index (κ2) is 5.65. The predicted molar refractivity (Wildman–Crippen MR) is 76.2 cm³/mol. The highest BCUT2D eigenvalue weighted by atomic mass is 16.3. The monoisotopic (exact) mass is 238 g/mol. The average Bonchev–Trinajstić information content (AvgIpc) is 2.47. The van der Waals surface area contributed by atoms with Gasteiger partial charge >= 0.3 is 0 Å². The molecule has 0 heterocycles. The first kappa shape index (κ1) is 12.6. The van der Waals surface area contributed by atoms with Crippen LogP contribution in [0.15, 0.2) is 67.3 Å². The summed E-state index contributed by atoms with van der Waals surface area (Å²) in [5, 5.41) is 10.1. The first-order valence-electron chi connectivity index (χ1n) is 6.18. The van der Waals surface area contributed by atoms with Crippen LogP contribution in [0, 0.1) is 5.92 Å². The third-order valence-corrected chi connectivity index (χ3v) is 3.23. The van der Waals surface area contributed by atoms with Crippen molar-refractivity contribution in [3.8, 4) is 11.1 Å². The molecule has 0 saturated carbocycles. The maximum absolute atomic E-state index is 10.1. The Morgan fingerprint density at radius 2 is 1.50 bits per heavy atom. The molecule has 0 saturated heterocycles. The van der Waals surface area contributed by atoms with Crippen molar-refractivity contribution in [2.75, 3.05) is 0 Å². The van der Waals surface area contributed by atoms with Crippen LogP contribution in [-0.4, -0.2) is 5.11 Å². The lowest BCUT2D eigenvalue weighted by Gasteiger charge is -2.15. The maximum atomic E-state index is 10.1. The van der Waals surface area contributed by atoms with E-state index in [4.69, 9.17) is 0 Å². The molecule has 0 aliphatic carbocycles. The summed E-state index contributed by atoms with van der Waals surface area (Å²) >= 11 is 0. The van der Waals surface area contributed by atoms with Gasteiger partial charge in [-0.15, -0.1) is 6.58 Å². The Morgan fingerprint density at radius 1 is 0.944 bits per heavy atom. The first-order valence-corrected chi connectivity index (χ1v) is 6.18. The Kier molecular flexibility index (Phi) is 3.96. The van der Waals surface area contributed by atoms with Crippen molar-refractivity contribution in [3.63, 3.8) is 0 Å². The van der Waals surface area contributed by atoms with Crippen molar-refractivity contribution < 1.29 is 5.11 Å². The summed E-state index contributed by atoms with van der Waals surface area (Å²) in [5.74, 6) is 0.0626. The van der Waals surface area contributed by atoms with E-state index in [2.05, 4.69) is 18.7 Å². The summed E-state index contributed by atoms with van der Waals surface area (Å²) in [6.07, 6.45) is 1.29. The minimum atomic E-state index is -0.479. The standard InChI is InChI=1S/C17H18O/c1-3-13(2)17(18)16-11-9-15(10-12-16)14-7-5-4-6-8-14/h3-13,17-18H,1H2,2H3/t13-,17-/m0/s1. The largest absolute Gasteiger partial charge is 0.388 e. The zero-order valence-corrected chi connectivity index (χ0v) is 10.6. The molecule has 0 bridgehead atoms. The summed E-state index contributed by atoms with van der Waals surface area (Å²) in [7, 11) is 0. The Balaban J connectivity index is 2.23. The summed E-state index contributed by atoms with van der Waals surface area (Å²) in [4.78, 5) is 0. The molecular weight excluding hydrogens is 220 g/mol. The number of hydrogen-bond donors (Lipinski definition) is 1. The summed E-state index contributed by atoms with van der Waals surface area (Å²) in [5.41, 5.74) is 3.29. The lowest BCUT2D eigenvalue weighted by Crippen LogP contribution is -2.06. The van der Waals surface area contributed by atoms with E-state index in [-0.39, 0.29) is 5.92 Å². The molecule has 0 unspecified atom stereocenters. The van der Waals surface area contributed by atoms with Crippen molar-refractivity contribution in [1.82, 2.24) is 0 Å². The Morgan fingerprint density at radius 3 is 2.06 bits per heavy atom. The predicted octanol–water partition coefficient (Wildman–Crippen LogP) is 4.21. The SMILES string of the molecule is C=C[C@H](C)[C@H](O)c1ccc(-c2ccccc2)cc1. The molecule has 2 aromatic rings. The van der Waals surface area contributed by atoms with E-state index in [1.807, 2.05) is 49.4 Å². The highest BCUT2D eigenvalue weighted by molar-refractivity contribution is 5.63. The average molecular weight is 238 g/mol. The van der Waals surface area contributed by atoms with Crippen LogP contribution in [0.25, 0.3) is 11.1 Å². The van der Waals surface area contributed by atoms with Crippen LogP contribution in [0.1, 0.15) is 18.6 Å². The summed E-state index contributed by atoms with van der Waals surface area (Å²) in [6.45, 7) is 5.67. The topological polar surface area (TPSA) is 20.2 Å². The van der Waals surface area contributed by atoms with E-state index < -0.39 is 6.10 Å². The first-order chi connectivity index (χ1) is 8.72. The van der Waals surface area contributed by atoms with Gasteiger partial charge in [-0.3, -0.25) is 0 Å². The van der Waals surface area contributed by atoms with E-state index >= 15 is 0 Å². The van der Waals surface area contributed by atoms with E-state index in [9.17, 15) is 5.11 Å². The lowest BCUT2D eigenvalue weighted by molar-refractivity contribution is 0.140. The normalized spacial score (nSPS) is 13.9. The Labute approximate surface area is 108 Å². The Bertz CT molecular complexity index is 499. The van der Waals surface area contributed by atoms with Gasteiger partial charge in [-0.05, 0) is 16.7 Å². The van der Waals surface area contributed by atoms with Gasteiger partial charge in [0.1, 0.15) is 0 Å². The molecule has 0 spiro atoms. The van der Waals surface area contributed by atoms with Gasteiger partial charge in [0.2, 0.25) is 0 Å². The summed E-state index contributed by atoms with van der Waals surface area (Å²) in [6, 6.07) is 18.3. The van der Waals surface area contributed by atoms with Gasteiger partial charge in [-0.1, -0.05) is 67.6 Å². The number of aliphatic hydroxyl groups excluding tert-OH is 1. The molecule has 1 N–H and O–H groups in total. The fraction of sp³-hybridized carbons (Fsp3) is 0.176. The fourth-order valence-electron chi connectivity index (χ4n) is 1.94. The van der Waals surface area contributed by atoms with Crippen molar-refractivity contribution in [1.29, 1.82) is 0 Å². The third-order valence-electron chi connectivity index (χ3n) is 3.23. The second-order valence-corrected chi connectivity index (χ2v) is 4.53. The molecule has 1 heteroatoms. The second-order valence-electron chi connectivity index (χ2n) is 4.53. The number of aliphatic hydroxyl groups is 1. The highest BCUT2D eigenvalue weighted by Crippen LogP contribution is 2.25. The van der Waals surface area contributed by atoms with Crippen LogP contribution in [0.5, 0.6) is 0 Å². The van der Waals surface area contributed by atoms with Gasteiger partial charge in [-0.2, -0.15) is 0 Å². The van der Waals surface area contributed by atoms with Gasteiger partial charge in [0.05, 0.1) is 6.10 Å². The maximum Gasteiger partial charge on any atom is 0.0849 e. The third kappa shape index (κ3) is 2.69. The molecule has 0 amide bonds. The summed E-state index contributed by atoms with van der Waals surface area (Å²) < 4.78 is 0. The molecule has 92 valence electrons. The molecule has 0 aliphatic rings. The van der Waals surface area contributed by atoms with Crippen LogP contribution in [0.4, 0.5) is 0 Å². The lowest BCUT2D eigenvalue weighted by atomic mass is 9.95. The van der Waals surface area contributed by atoms with Crippen LogP contribution in [0.3, 0.4) is 0 Å². The van der Waals surface area contributed by atoms with Crippen molar-refractivity contribution in [2.45, 2.75) is 13.0 Å². The molecule has 0 fully saturated rings. The smallest absolute Gasteiger partial charge is 0.0849 e. The van der Waals surface area contributed by atoms with Gasteiger partial charge in [0.25, 0.3) is 0 Å². The van der Waals surface area contributed by atoms with Crippen LogP contribution in [0.2, 0.25) is 0 Å². The van der Waals surface area contributed by atoms with E-state index in [0.29, 0.717) is 0 Å². The van der Waals surface area contributed by atoms with E-state index in [0.717, 1.165) is 11.1 Å². The van der Waals surface area contributed by atoms with Crippen molar-refractivity contribution in [3.05, 3.63) is 72.8 Å². The minimum absolute atomic E-state index is 0.0626. The Hall–Kier alpha value is -1.86. The molecule has 2 aromatic carbocycles. The molecule has 0 radical (unpaired) electrons. The zero-order chi connectivity index (χ0) is 13.0. The number of hydrogen-bond acceptors (Lipinski definition) is 1. The van der Waals surface area contributed by atoms with Crippen molar-refractivity contribution >= 4 is 0 Å². The number of benzene rings is 2. The molecule has 18 heavy (non-hydrogen) atoms. The molecular formula is C17H18O. The minimum Gasteiger partial charge on any atom is -0.388 e. The molecule has 0 aliphatic heterocycles. The van der Waals surface area contributed by atoms with Crippen molar-refractivity contribution in [2.24, 2.45) is 5.92 Å². The zero-order valence-electron chi connectivity index (χ0n) is 10.6. The van der Waals surface area contributed by atoms with Gasteiger partial charge in [-0.25, -0.2) is 0 Å². The molecule has 2 atom stereocenters. The molecule has 0 aromatic heterocycles. The van der Waals surface area contributed by atoms with Gasteiger partial charge < -0.3 is 5.11 Å². The number of rotatable bonds is 4. The van der Waals surface area contributed by atoms with Crippen LogP contribution < -0.4 is 0 Å². The van der Waals surface area contributed by atoms with Crippen LogP contribution in [-0.2, 0) is 0 Å². The quantitative estimate of drug-likeness (QED) is 0.791. The van der Waals surface area contributed by atoms with Gasteiger partial charge in [0, 0.05) is 5.92 Å². The molecule has 1 nitrogen and oxygen atoms in total.